The molecule has 4 heteroatoms. The molecule has 0 atom stereocenters. The van der Waals surface area contributed by atoms with E-state index in [4.69, 9.17) is 5.11 Å². The van der Waals surface area contributed by atoms with Gasteiger partial charge < -0.3 is 10.4 Å². The standard InChI is InChI=1S/C17H23NO3/c1-16(2,3)13-6-4-12(5-7-13)8-11-18-14(19)17(9-10-17)15(20)21/h4-7H,8-11H2,1-3H3,(H,18,19)(H,20,21). The van der Waals surface area contributed by atoms with E-state index >= 15 is 0 Å². The first-order valence-electron chi connectivity index (χ1n) is 7.37. The van der Waals surface area contributed by atoms with Crippen molar-refractivity contribution in [2.75, 3.05) is 6.54 Å². The lowest BCUT2D eigenvalue weighted by atomic mass is 9.86. The SMILES string of the molecule is CC(C)(C)c1ccc(CCNC(=O)C2(C(=O)O)CC2)cc1. The molecular weight excluding hydrogens is 266 g/mol. The van der Waals surface area contributed by atoms with Crippen LogP contribution in [0.1, 0.15) is 44.7 Å². The molecule has 0 aromatic heterocycles. The van der Waals surface area contributed by atoms with Crippen LogP contribution in [0.2, 0.25) is 0 Å². The summed E-state index contributed by atoms with van der Waals surface area (Å²) in [5.74, 6) is -1.35. The van der Waals surface area contributed by atoms with Crippen molar-refractivity contribution >= 4 is 11.9 Å². The number of rotatable bonds is 5. The minimum absolute atomic E-state index is 0.132. The third-order valence-corrected chi connectivity index (χ3v) is 4.11. The van der Waals surface area contributed by atoms with Crippen molar-refractivity contribution in [1.82, 2.24) is 5.32 Å². The number of carbonyl (C=O) groups is 2. The summed E-state index contributed by atoms with van der Waals surface area (Å²) in [6.07, 6.45) is 1.62. The number of carboxylic acid groups (broad SMARTS) is 1. The Labute approximate surface area is 125 Å². The number of aliphatic carboxylic acids is 1. The maximum Gasteiger partial charge on any atom is 0.319 e. The summed E-state index contributed by atoms with van der Waals surface area (Å²) >= 11 is 0. The predicted molar refractivity (Wildman–Crippen MR) is 81.2 cm³/mol. The third kappa shape index (κ3) is 3.43. The highest BCUT2D eigenvalue weighted by Crippen LogP contribution is 2.46. The van der Waals surface area contributed by atoms with Gasteiger partial charge in [-0.1, -0.05) is 45.0 Å². The Bertz CT molecular complexity index is 536. The number of hydrogen-bond acceptors (Lipinski definition) is 2. The smallest absolute Gasteiger partial charge is 0.319 e. The fourth-order valence-corrected chi connectivity index (χ4v) is 2.32. The summed E-state index contributed by atoms with van der Waals surface area (Å²) in [4.78, 5) is 22.9. The first-order valence-corrected chi connectivity index (χ1v) is 7.37. The van der Waals surface area contributed by atoms with Crippen molar-refractivity contribution in [1.29, 1.82) is 0 Å². The molecule has 0 saturated heterocycles. The van der Waals surface area contributed by atoms with Crippen LogP contribution in [0, 0.1) is 5.41 Å². The molecule has 0 spiro atoms. The average Bonchev–Trinajstić information content (AvgIpc) is 3.19. The topological polar surface area (TPSA) is 66.4 Å². The van der Waals surface area contributed by atoms with Gasteiger partial charge in [0.15, 0.2) is 0 Å². The van der Waals surface area contributed by atoms with Gasteiger partial charge in [0, 0.05) is 6.54 Å². The van der Waals surface area contributed by atoms with E-state index in [1.807, 2.05) is 0 Å². The van der Waals surface area contributed by atoms with E-state index < -0.39 is 11.4 Å². The van der Waals surface area contributed by atoms with E-state index in [1.54, 1.807) is 0 Å². The van der Waals surface area contributed by atoms with Gasteiger partial charge in [-0.25, -0.2) is 0 Å². The predicted octanol–water partition coefficient (Wildman–Crippen LogP) is 2.51. The molecule has 0 radical (unpaired) electrons. The van der Waals surface area contributed by atoms with E-state index in [0.717, 1.165) is 5.56 Å². The van der Waals surface area contributed by atoms with Gasteiger partial charge in [0.1, 0.15) is 5.41 Å². The lowest BCUT2D eigenvalue weighted by molar-refractivity contribution is -0.149. The normalized spacial score (nSPS) is 16.3. The van der Waals surface area contributed by atoms with E-state index in [-0.39, 0.29) is 11.3 Å². The molecule has 0 heterocycles. The van der Waals surface area contributed by atoms with E-state index in [1.165, 1.54) is 5.56 Å². The van der Waals surface area contributed by atoms with E-state index in [9.17, 15) is 9.59 Å². The molecule has 2 N–H and O–H groups in total. The number of amides is 1. The van der Waals surface area contributed by atoms with Crippen molar-refractivity contribution in [3.63, 3.8) is 0 Å². The minimum atomic E-state index is -1.14. The van der Waals surface area contributed by atoms with Crippen LogP contribution in [-0.4, -0.2) is 23.5 Å². The Morgan fingerprint density at radius 3 is 2.19 bits per heavy atom. The second-order valence-electron chi connectivity index (χ2n) is 6.84. The Morgan fingerprint density at radius 2 is 1.76 bits per heavy atom. The van der Waals surface area contributed by atoms with Gasteiger partial charge in [0.25, 0.3) is 0 Å². The second-order valence-corrected chi connectivity index (χ2v) is 6.84. The first kappa shape index (κ1) is 15.5. The van der Waals surface area contributed by atoms with E-state index in [0.29, 0.717) is 25.8 Å². The summed E-state index contributed by atoms with van der Waals surface area (Å²) in [7, 11) is 0. The van der Waals surface area contributed by atoms with Gasteiger partial charge >= 0.3 is 5.97 Å². The molecule has 21 heavy (non-hydrogen) atoms. The van der Waals surface area contributed by atoms with Crippen LogP contribution < -0.4 is 5.32 Å². The van der Waals surface area contributed by atoms with Gasteiger partial charge in [-0.05, 0) is 35.8 Å². The largest absolute Gasteiger partial charge is 0.480 e. The highest BCUT2D eigenvalue weighted by molar-refractivity contribution is 6.04. The molecule has 0 unspecified atom stereocenters. The number of carboxylic acids is 1. The monoisotopic (exact) mass is 289 g/mol. The number of benzene rings is 1. The lowest BCUT2D eigenvalue weighted by Gasteiger charge is -2.19. The van der Waals surface area contributed by atoms with Crippen LogP contribution >= 0.6 is 0 Å². The van der Waals surface area contributed by atoms with E-state index in [2.05, 4.69) is 50.4 Å². The van der Waals surface area contributed by atoms with Gasteiger partial charge in [-0.2, -0.15) is 0 Å². The zero-order chi connectivity index (χ0) is 15.7. The number of hydrogen-bond donors (Lipinski definition) is 2. The van der Waals surface area contributed by atoms with Crippen LogP contribution in [0.25, 0.3) is 0 Å². The van der Waals surface area contributed by atoms with Crippen molar-refractivity contribution in [3.05, 3.63) is 35.4 Å². The minimum Gasteiger partial charge on any atom is -0.480 e. The lowest BCUT2D eigenvalue weighted by Crippen LogP contribution is -2.37. The molecule has 4 nitrogen and oxygen atoms in total. The van der Waals surface area contributed by atoms with Crippen LogP contribution in [0.15, 0.2) is 24.3 Å². The summed E-state index contributed by atoms with van der Waals surface area (Å²) < 4.78 is 0. The molecule has 2 rings (SSSR count). The molecule has 1 fully saturated rings. The van der Waals surface area contributed by atoms with Crippen LogP contribution in [0.5, 0.6) is 0 Å². The highest BCUT2D eigenvalue weighted by atomic mass is 16.4. The van der Waals surface area contributed by atoms with Gasteiger partial charge in [-0.15, -0.1) is 0 Å². The molecule has 1 amide bonds. The molecule has 114 valence electrons. The Kier molecular flexibility index (Phi) is 4.08. The Balaban J connectivity index is 1.84. The fraction of sp³-hybridized carbons (Fsp3) is 0.529. The number of carbonyl (C=O) groups excluding carboxylic acids is 1. The highest BCUT2D eigenvalue weighted by Gasteiger charge is 2.56. The molecule has 0 bridgehead atoms. The Morgan fingerprint density at radius 1 is 1.19 bits per heavy atom. The maximum atomic E-state index is 11.9. The second kappa shape index (κ2) is 5.51. The summed E-state index contributed by atoms with van der Waals surface area (Å²) in [5, 5.41) is 11.8. The van der Waals surface area contributed by atoms with Gasteiger partial charge in [0.2, 0.25) is 5.91 Å². The molecule has 1 saturated carbocycles. The van der Waals surface area contributed by atoms with Crippen LogP contribution in [0.3, 0.4) is 0 Å². The van der Waals surface area contributed by atoms with Crippen molar-refractivity contribution in [2.24, 2.45) is 5.41 Å². The maximum absolute atomic E-state index is 11.9. The third-order valence-electron chi connectivity index (χ3n) is 4.11. The molecule has 1 aliphatic carbocycles. The summed E-state index contributed by atoms with van der Waals surface area (Å²) in [6, 6.07) is 8.35. The molecule has 1 aliphatic rings. The Hall–Kier alpha value is -1.84. The van der Waals surface area contributed by atoms with Crippen LogP contribution in [0.4, 0.5) is 0 Å². The van der Waals surface area contributed by atoms with Crippen molar-refractivity contribution in [2.45, 2.75) is 45.4 Å². The van der Waals surface area contributed by atoms with Crippen molar-refractivity contribution < 1.29 is 14.7 Å². The fourth-order valence-electron chi connectivity index (χ4n) is 2.32. The van der Waals surface area contributed by atoms with Gasteiger partial charge in [-0.3, -0.25) is 9.59 Å². The zero-order valence-electron chi connectivity index (χ0n) is 12.9. The molecule has 1 aromatic carbocycles. The zero-order valence-corrected chi connectivity index (χ0v) is 12.9. The van der Waals surface area contributed by atoms with Gasteiger partial charge in [0.05, 0.1) is 0 Å². The summed E-state index contributed by atoms with van der Waals surface area (Å²) in [5.41, 5.74) is 1.41. The molecule has 1 aromatic rings. The quantitative estimate of drug-likeness (QED) is 0.818. The van der Waals surface area contributed by atoms with Crippen LogP contribution in [-0.2, 0) is 21.4 Å². The number of nitrogens with one attached hydrogen (secondary N) is 1. The average molecular weight is 289 g/mol. The summed E-state index contributed by atoms with van der Waals surface area (Å²) in [6.45, 7) is 6.98. The van der Waals surface area contributed by atoms with Crippen molar-refractivity contribution in [3.8, 4) is 0 Å². The molecule has 0 aliphatic heterocycles. The first-order chi connectivity index (χ1) is 9.75. The molecular formula is C17H23NO3.